The number of thioether (sulfide) groups is 10. The van der Waals surface area contributed by atoms with Gasteiger partial charge in [0.2, 0.25) is 4.45 Å². The fourth-order valence-corrected chi connectivity index (χ4v) is 3.76. The molecule has 0 aliphatic carbocycles. The number of carbonyl (C=O) groups is 9. The number of nitrogens with one attached hydrogen (secondary N) is 10. The first kappa shape index (κ1) is 107. The van der Waals surface area contributed by atoms with E-state index in [2.05, 4.69) is 93.8 Å². The number of thiocarbonyl (C=S) groups is 4. The van der Waals surface area contributed by atoms with Crippen LogP contribution >= 0.6 is 166 Å². The van der Waals surface area contributed by atoms with Gasteiger partial charge in [0.25, 0.3) is 10.5 Å². The molecular weight excluding hydrogens is 1300 g/mol. The van der Waals surface area contributed by atoms with Crippen molar-refractivity contribution in [2.75, 3.05) is 176 Å². The Morgan fingerprint density at radius 3 is 0.590 bits per heavy atom. The average molecular weight is 1390 g/mol. The van der Waals surface area contributed by atoms with Gasteiger partial charge in [-0.2, -0.15) is 0 Å². The number of carbonyl (C=O) groups excluding carboxylic acids is 9. The molecule has 6 amide bonds. The van der Waals surface area contributed by atoms with Crippen molar-refractivity contribution in [2.45, 2.75) is 0 Å². The molecular formula is C39H88N10O15S14. The fraction of sp³-hybridized carbons (Fsp3) is 0.667. The third-order valence-electron chi connectivity index (χ3n) is 4.91. The second-order valence-electron chi connectivity index (χ2n) is 9.40. The Labute approximate surface area is 529 Å². The molecule has 0 unspecified atom stereocenters. The lowest BCUT2D eigenvalue weighted by molar-refractivity contribution is 0.0923. The van der Waals surface area contributed by atoms with Gasteiger partial charge in [0.05, 0.1) is 42.7 Å². The number of hydrogen-bond donors (Lipinski definition) is 10. The maximum absolute atomic E-state index is 10.1. The molecule has 0 rings (SSSR count). The number of ether oxygens (including phenoxy) is 6. The number of alkyl carbamates (subject to hydrolysis) is 2. The largest absolute Gasteiger partial charge is 0.507 e. The van der Waals surface area contributed by atoms with Gasteiger partial charge in [-0.05, 0) is 98.3 Å². The Balaban J connectivity index is -0.0000000533. The quantitative estimate of drug-likeness (QED) is 0.0615. The van der Waals surface area contributed by atoms with Crippen molar-refractivity contribution in [2.24, 2.45) is 0 Å². The summed E-state index contributed by atoms with van der Waals surface area (Å²) < 4.78 is 27.7. The van der Waals surface area contributed by atoms with E-state index < -0.39 is 18.3 Å². The Hall–Kier alpha value is -2.31. The van der Waals surface area contributed by atoms with Crippen LogP contribution in [0.4, 0.5) is 43.2 Å². The van der Waals surface area contributed by atoms with Gasteiger partial charge >= 0.3 is 35.0 Å². The van der Waals surface area contributed by atoms with Crippen LogP contribution in [-0.2, 0) is 28.4 Å². The molecule has 0 saturated heterocycles. The molecule has 10 N–H and O–H groups in total. The van der Waals surface area contributed by atoms with Crippen molar-refractivity contribution in [3.8, 4) is 0 Å². The first-order valence-electron chi connectivity index (χ1n) is 20.0. The highest BCUT2D eigenvalue weighted by Crippen LogP contribution is 2.09. The highest BCUT2D eigenvalue weighted by molar-refractivity contribution is 8.46. The third-order valence-corrected chi connectivity index (χ3v) is 14.4. The van der Waals surface area contributed by atoms with Crippen molar-refractivity contribution in [3.05, 3.63) is 0 Å². The maximum Gasteiger partial charge on any atom is 0.507 e. The second kappa shape index (κ2) is 103. The van der Waals surface area contributed by atoms with Crippen LogP contribution in [-0.4, -0.2) is 243 Å². The summed E-state index contributed by atoms with van der Waals surface area (Å²) in [5, 5.41) is 25.4. The maximum atomic E-state index is 10.1. The number of hydrogen-bond acceptors (Lipinski definition) is 29. The minimum atomic E-state index is -0.657. The van der Waals surface area contributed by atoms with Crippen molar-refractivity contribution >= 4 is 234 Å². The summed E-state index contributed by atoms with van der Waals surface area (Å²) >= 11 is 32.1. The minimum Gasteiger partial charge on any atom is -0.461 e. The van der Waals surface area contributed by atoms with Crippen molar-refractivity contribution in [1.29, 1.82) is 0 Å². The predicted octanol–water partition coefficient (Wildman–Crippen LogP) is 8.75. The van der Waals surface area contributed by atoms with Crippen LogP contribution < -0.4 is 53.2 Å². The summed E-state index contributed by atoms with van der Waals surface area (Å²) in [6.45, 7) is 0. The lowest BCUT2D eigenvalue weighted by Gasteiger charge is -1.95. The van der Waals surface area contributed by atoms with Gasteiger partial charge in [-0.1, -0.05) is 83.7 Å². The zero-order valence-electron chi connectivity index (χ0n) is 49.3. The van der Waals surface area contributed by atoms with Gasteiger partial charge in [0.15, 0.2) is 5.11 Å². The van der Waals surface area contributed by atoms with Crippen LogP contribution in [0.5, 0.6) is 0 Å². The molecule has 0 heterocycles. The van der Waals surface area contributed by atoms with Crippen molar-refractivity contribution < 1.29 is 71.6 Å². The summed E-state index contributed by atoms with van der Waals surface area (Å²) in [4.78, 5) is 89.4. The average Bonchev–Trinajstić information content (AvgIpc) is 3.51. The van der Waals surface area contributed by atoms with E-state index in [0.29, 0.717) is 5.11 Å². The molecule has 0 aliphatic heterocycles. The van der Waals surface area contributed by atoms with Crippen LogP contribution in [0.15, 0.2) is 0 Å². The van der Waals surface area contributed by atoms with Gasteiger partial charge in [-0.25, -0.2) is 28.8 Å². The molecule has 39 heteroatoms. The van der Waals surface area contributed by atoms with E-state index in [9.17, 15) is 43.2 Å². The zero-order chi connectivity index (χ0) is 64.9. The lowest BCUT2D eigenvalue weighted by Crippen LogP contribution is -2.28. The van der Waals surface area contributed by atoms with Crippen molar-refractivity contribution in [1.82, 2.24) is 53.2 Å². The Morgan fingerprint density at radius 2 is 0.590 bits per heavy atom. The highest BCUT2D eigenvalue weighted by atomic mass is 32.2. The molecule has 0 aliphatic rings. The minimum absolute atomic E-state index is 0.00926. The summed E-state index contributed by atoms with van der Waals surface area (Å²) in [7, 11) is 24.4. The van der Waals surface area contributed by atoms with E-state index in [-0.39, 0.29) is 31.6 Å². The van der Waals surface area contributed by atoms with Crippen LogP contribution in [0, 0.1) is 0 Å². The molecule has 0 aromatic carbocycles. The summed E-state index contributed by atoms with van der Waals surface area (Å²) in [5.74, 6) is 0. The van der Waals surface area contributed by atoms with E-state index in [1.54, 1.807) is 127 Å². The smallest absolute Gasteiger partial charge is 0.461 e. The van der Waals surface area contributed by atoms with Gasteiger partial charge in [-0.15, -0.1) is 47.0 Å². The standard InChI is InChI=1S/C3H8N2O.C3H8N2S.2C3H7NO2.2C3H7NOS.2C3H7NS2.C3H6O3.2C3H6O2S.C3H6OS2.C3H6S3/c2*1-4-3(6)5-2;6*1-4-3(5)6-2;5*1-5-3(4)6-2/h2*1-2H3,(H2,4,5,6);6*1-2H3,(H,4,5);5*1-2H3. The van der Waals surface area contributed by atoms with E-state index in [4.69, 9.17) is 36.7 Å². The first-order valence-corrected chi connectivity index (χ1v) is 33.8. The molecule has 468 valence electrons. The number of rotatable bonds is 0. The number of amides is 6. The zero-order valence-corrected chi connectivity index (χ0v) is 60.8. The molecule has 25 nitrogen and oxygen atoms in total. The molecule has 0 bridgehead atoms. The topological polar surface area (TPSA) is 329 Å². The van der Waals surface area contributed by atoms with Gasteiger partial charge in [0, 0.05) is 70.5 Å². The normalized spacial score (nSPS) is 7.51. The summed E-state index contributed by atoms with van der Waals surface area (Å²) in [5.41, 5.74) is 0. The molecule has 0 saturated carbocycles. The van der Waals surface area contributed by atoms with Crippen LogP contribution in [0.2, 0.25) is 0 Å². The molecule has 0 aromatic heterocycles. The Kier molecular flexibility index (Phi) is 142. The van der Waals surface area contributed by atoms with Gasteiger partial charge in [0.1, 0.15) is 12.2 Å². The summed E-state index contributed by atoms with van der Waals surface area (Å²) in [6, 6.07) is -0.157. The van der Waals surface area contributed by atoms with E-state index in [0.717, 1.165) is 35.7 Å². The Morgan fingerprint density at radius 1 is 0.308 bits per heavy atom. The fourth-order valence-electron chi connectivity index (χ4n) is 1.28. The van der Waals surface area contributed by atoms with Crippen LogP contribution in [0.25, 0.3) is 0 Å². The SMILES string of the molecule is CNC(=O)NC.CNC(=O)OC.CNC(=O)OC.CNC(=O)SC.CNC(=O)SC.CNC(=S)NC.CNC(=S)SC.CNC(=S)SC.COC(=O)OC.COC(=O)SC.COC(=O)SC.CSC(=O)SC.CSC(=S)SC. The van der Waals surface area contributed by atoms with E-state index in [1.807, 2.05) is 39.1 Å². The second-order valence-corrected chi connectivity index (χ2v) is 20.4. The van der Waals surface area contributed by atoms with Gasteiger partial charge in [-0.3, -0.25) is 14.4 Å². The molecule has 0 aromatic rings. The lowest BCUT2D eigenvalue weighted by atomic mass is 11.0. The van der Waals surface area contributed by atoms with Crippen LogP contribution in [0.3, 0.4) is 0 Å². The third kappa shape index (κ3) is 158. The number of urea groups is 1. The molecule has 78 heavy (non-hydrogen) atoms. The van der Waals surface area contributed by atoms with Crippen molar-refractivity contribution in [3.63, 3.8) is 0 Å². The highest BCUT2D eigenvalue weighted by Gasteiger charge is 1.92. The summed E-state index contributed by atoms with van der Waals surface area (Å²) in [6.07, 6.45) is 16.8. The molecule has 0 spiro atoms. The first-order chi connectivity index (χ1) is 36.5. The molecule has 0 radical (unpaired) electrons. The van der Waals surface area contributed by atoms with Crippen LogP contribution in [0.1, 0.15) is 0 Å². The van der Waals surface area contributed by atoms with E-state index >= 15 is 0 Å². The molecule has 0 fully saturated rings. The van der Waals surface area contributed by atoms with Gasteiger partial charge < -0.3 is 81.6 Å². The monoisotopic (exact) mass is 1380 g/mol. The number of methoxy groups -OCH3 is 6. The molecule has 0 atom stereocenters. The Bertz CT molecular complexity index is 1020. The van der Waals surface area contributed by atoms with E-state index in [1.165, 1.54) is 104 Å². The predicted molar refractivity (Wildman–Crippen MR) is 367 cm³/mol.